The van der Waals surface area contributed by atoms with Gasteiger partial charge in [-0.25, -0.2) is 0 Å². The van der Waals surface area contributed by atoms with Crippen molar-refractivity contribution in [2.75, 3.05) is 26.2 Å². The van der Waals surface area contributed by atoms with E-state index in [4.69, 9.17) is 23.2 Å². The molecule has 0 aromatic heterocycles. The molecule has 0 aliphatic carbocycles. The maximum atomic E-state index is 13.4. The fraction of sp³-hybridized carbons (Fsp3) is 0.458. The van der Waals surface area contributed by atoms with Gasteiger partial charge in [0.25, 0.3) is 0 Å². The zero-order valence-electron chi connectivity index (χ0n) is 16.7. The average Bonchev–Trinajstić information content (AvgIpc) is 3.25. The number of rotatable bonds is 5. The molecule has 2 aliphatic heterocycles. The van der Waals surface area contributed by atoms with E-state index < -0.39 is 0 Å². The number of benzene rings is 2. The van der Waals surface area contributed by atoms with E-state index >= 15 is 0 Å². The molecule has 2 heterocycles. The normalized spacial score (nSPS) is 22.8. The molecule has 0 N–H and O–H groups in total. The van der Waals surface area contributed by atoms with Crippen LogP contribution in [0.4, 0.5) is 0 Å². The zero-order valence-corrected chi connectivity index (χ0v) is 18.2. The topological polar surface area (TPSA) is 23.6 Å². The van der Waals surface area contributed by atoms with Crippen molar-refractivity contribution in [3.8, 4) is 0 Å². The standard InChI is InChI=1S/C24H28Cl2N2O/c25-21-11-10-18(15-22(21)26)16-24(29)28-14-6-9-20(19-7-2-1-3-8-19)23(28)17-27-12-4-5-13-27/h1-3,7-8,10-11,15,20,23H,4-6,9,12-14,16-17H2/t20-,23+/m1/s1. The van der Waals surface area contributed by atoms with Gasteiger partial charge in [0.1, 0.15) is 0 Å². The highest BCUT2D eigenvalue weighted by molar-refractivity contribution is 6.42. The molecule has 0 bridgehead atoms. The maximum Gasteiger partial charge on any atom is 0.227 e. The lowest BCUT2D eigenvalue weighted by atomic mass is 9.82. The molecule has 5 heteroatoms. The van der Waals surface area contributed by atoms with Crippen LogP contribution >= 0.6 is 23.2 Å². The van der Waals surface area contributed by atoms with Gasteiger partial charge >= 0.3 is 0 Å². The largest absolute Gasteiger partial charge is 0.338 e. The number of hydrogen-bond acceptors (Lipinski definition) is 2. The Kier molecular flexibility index (Phi) is 6.79. The van der Waals surface area contributed by atoms with Crippen molar-refractivity contribution >= 4 is 29.1 Å². The van der Waals surface area contributed by atoms with Gasteiger partial charge in [0, 0.05) is 19.0 Å². The summed E-state index contributed by atoms with van der Waals surface area (Å²) < 4.78 is 0. The first-order valence-corrected chi connectivity index (χ1v) is 11.4. The van der Waals surface area contributed by atoms with Crippen molar-refractivity contribution < 1.29 is 4.79 Å². The minimum Gasteiger partial charge on any atom is -0.338 e. The Balaban J connectivity index is 1.56. The molecule has 2 aromatic carbocycles. The van der Waals surface area contributed by atoms with Crippen LogP contribution in [0.15, 0.2) is 48.5 Å². The predicted octanol–water partition coefficient (Wildman–Crippen LogP) is 5.41. The van der Waals surface area contributed by atoms with Crippen LogP contribution < -0.4 is 0 Å². The molecule has 0 spiro atoms. The van der Waals surface area contributed by atoms with Gasteiger partial charge in [-0.3, -0.25) is 4.79 Å². The molecule has 2 saturated heterocycles. The summed E-state index contributed by atoms with van der Waals surface area (Å²) >= 11 is 12.2. The average molecular weight is 431 g/mol. The van der Waals surface area contributed by atoms with Crippen molar-refractivity contribution in [2.45, 2.75) is 44.1 Å². The molecule has 29 heavy (non-hydrogen) atoms. The summed E-state index contributed by atoms with van der Waals surface area (Å²) in [6, 6.07) is 16.4. The van der Waals surface area contributed by atoms with Crippen molar-refractivity contribution in [1.29, 1.82) is 0 Å². The number of halogens is 2. The molecule has 0 radical (unpaired) electrons. The molecule has 4 rings (SSSR count). The summed E-state index contributed by atoms with van der Waals surface area (Å²) in [5.41, 5.74) is 2.27. The first-order chi connectivity index (χ1) is 14.1. The van der Waals surface area contributed by atoms with E-state index in [1.54, 1.807) is 6.07 Å². The fourth-order valence-electron chi connectivity index (χ4n) is 4.84. The Bertz CT molecular complexity index is 836. The van der Waals surface area contributed by atoms with Crippen molar-refractivity contribution in [3.05, 3.63) is 69.7 Å². The summed E-state index contributed by atoms with van der Waals surface area (Å²) in [6.45, 7) is 4.09. The number of piperidine rings is 1. The van der Waals surface area contributed by atoms with Crippen LogP contribution in [0, 0.1) is 0 Å². The third-order valence-corrected chi connectivity index (χ3v) is 7.05. The Morgan fingerprint density at radius 2 is 1.69 bits per heavy atom. The lowest BCUT2D eigenvalue weighted by molar-refractivity contribution is -0.135. The minimum absolute atomic E-state index is 0.188. The third kappa shape index (κ3) is 4.96. The molecule has 0 saturated carbocycles. The fourth-order valence-corrected chi connectivity index (χ4v) is 5.16. The molecule has 154 valence electrons. The number of amides is 1. The van der Waals surface area contributed by atoms with E-state index in [1.165, 1.54) is 18.4 Å². The smallest absolute Gasteiger partial charge is 0.227 e. The number of hydrogen-bond donors (Lipinski definition) is 0. The summed E-state index contributed by atoms with van der Waals surface area (Å²) in [5.74, 6) is 0.580. The second-order valence-corrected chi connectivity index (χ2v) is 9.06. The van der Waals surface area contributed by atoms with Gasteiger partial charge in [-0.2, -0.15) is 0 Å². The summed E-state index contributed by atoms with van der Waals surface area (Å²) in [4.78, 5) is 18.0. The first-order valence-electron chi connectivity index (χ1n) is 10.6. The molecular weight excluding hydrogens is 403 g/mol. The van der Waals surface area contributed by atoms with Gasteiger partial charge in [0.2, 0.25) is 5.91 Å². The Hall–Kier alpha value is -1.55. The molecule has 0 unspecified atom stereocenters. The summed E-state index contributed by atoms with van der Waals surface area (Å²) in [7, 11) is 0. The highest BCUT2D eigenvalue weighted by atomic mass is 35.5. The van der Waals surface area contributed by atoms with Crippen LogP contribution in [-0.4, -0.2) is 47.9 Å². The molecule has 1 amide bonds. The van der Waals surface area contributed by atoms with Crippen LogP contribution in [0.3, 0.4) is 0 Å². The van der Waals surface area contributed by atoms with E-state index in [1.807, 2.05) is 12.1 Å². The van der Waals surface area contributed by atoms with Gasteiger partial charge in [-0.15, -0.1) is 0 Å². The van der Waals surface area contributed by atoms with Gasteiger partial charge in [-0.1, -0.05) is 59.6 Å². The Labute approximate surface area is 183 Å². The number of carbonyl (C=O) groups is 1. The van der Waals surface area contributed by atoms with Crippen molar-refractivity contribution in [1.82, 2.24) is 9.80 Å². The highest BCUT2D eigenvalue weighted by Gasteiger charge is 2.36. The molecular formula is C24H28Cl2N2O. The third-order valence-electron chi connectivity index (χ3n) is 6.31. The van der Waals surface area contributed by atoms with Crippen LogP contribution in [0.5, 0.6) is 0 Å². The molecule has 2 aliphatic rings. The quantitative estimate of drug-likeness (QED) is 0.632. The van der Waals surface area contributed by atoms with Crippen LogP contribution in [0.2, 0.25) is 10.0 Å². The monoisotopic (exact) mass is 430 g/mol. The van der Waals surface area contributed by atoms with Gasteiger partial charge in [0.15, 0.2) is 0 Å². The predicted molar refractivity (Wildman–Crippen MR) is 120 cm³/mol. The summed E-state index contributed by atoms with van der Waals surface area (Å²) in [5, 5.41) is 1.03. The molecule has 3 nitrogen and oxygen atoms in total. The van der Waals surface area contributed by atoms with Gasteiger partial charge in [0.05, 0.1) is 22.5 Å². The van der Waals surface area contributed by atoms with E-state index in [9.17, 15) is 4.79 Å². The van der Waals surface area contributed by atoms with Crippen molar-refractivity contribution in [3.63, 3.8) is 0 Å². The number of carbonyl (C=O) groups excluding carboxylic acids is 1. The second-order valence-electron chi connectivity index (χ2n) is 8.25. The Morgan fingerprint density at radius 3 is 2.41 bits per heavy atom. The maximum absolute atomic E-state index is 13.4. The lowest BCUT2D eigenvalue weighted by Crippen LogP contribution is -2.53. The van der Waals surface area contributed by atoms with Crippen molar-refractivity contribution in [2.24, 2.45) is 0 Å². The molecule has 2 fully saturated rings. The van der Waals surface area contributed by atoms with Crippen LogP contribution in [0.25, 0.3) is 0 Å². The van der Waals surface area contributed by atoms with E-state index in [0.29, 0.717) is 22.4 Å². The number of likely N-dealkylation sites (tertiary alicyclic amines) is 2. The SMILES string of the molecule is O=C(Cc1ccc(Cl)c(Cl)c1)N1CCC[C@H](c2ccccc2)[C@@H]1CN1CCCC1. The minimum atomic E-state index is 0.188. The summed E-state index contributed by atoms with van der Waals surface area (Å²) in [6.07, 6.45) is 5.08. The van der Waals surface area contributed by atoms with E-state index in [2.05, 4.69) is 40.1 Å². The Morgan fingerprint density at radius 1 is 0.931 bits per heavy atom. The second kappa shape index (κ2) is 9.51. The van der Waals surface area contributed by atoms with E-state index in [-0.39, 0.29) is 11.9 Å². The van der Waals surface area contributed by atoms with E-state index in [0.717, 1.165) is 44.6 Å². The highest BCUT2D eigenvalue weighted by Crippen LogP contribution is 2.34. The molecule has 2 aromatic rings. The van der Waals surface area contributed by atoms with Crippen LogP contribution in [0.1, 0.15) is 42.7 Å². The van der Waals surface area contributed by atoms with Crippen LogP contribution in [-0.2, 0) is 11.2 Å². The number of nitrogens with zero attached hydrogens (tertiary/aromatic N) is 2. The first kappa shape index (κ1) is 20.7. The zero-order chi connectivity index (χ0) is 20.2. The lowest BCUT2D eigenvalue weighted by Gasteiger charge is -2.43. The molecule has 2 atom stereocenters. The van der Waals surface area contributed by atoms with Gasteiger partial charge in [-0.05, 0) is 62.0 Å². The van der Waals surface area contributed by atoms with Gasteiger partial charge < -0.3 is 9.80 Å².